The molecule has 0 aliphatic carbocycles. The van der Waals surface area contributed by atoms with E-state index in [4.69, 9.17) is 4.52 Å². The van der Waals surface area contributed by atoms with E-state index in [0.717, 1.165) is 37.4 Å². The van der Waals surface area contributed by atoms with Gasteiger partial charge in [0.15, 0.2) is 5.82 Å². The van der Waals surface area contributed by atoms with E-state index in [9.17, 15) is 18.0 Å². The molecule has 1 aromatic heterocycles. The highest BCUT2D eigenvalue weighted by molar-refractivity contribution is 8.01. The van der Waals surface area contributed by atoms with Crippen LogP contribution in [0.3, 0.4) is 0 Å². The van der Waals surface area contributed by atoms with Gasteiger partial charge >= 0.3 is 0 Å². The van der Waals surface area contributed by atoms with Crippen LogP contribution in [0.1, 0.15) is 38.4 Å². The van der Waals surface area contributed by atoms with Gasteiger partial charge in [-0.1, -0.05) is 24.1 Å². The van der Waals surface area contributed by atoms with Crippen LogP contribution in [0.15, 0.2) is 39.8 Å². The van der Waals surface area contributed by atoms with E-state index in [2.05, 4.69) is 15.8 Å². The molecule has 9 nitrogen and oxygen atoms in total. The van der Waals surface area contributed by atoms with Crippen molar-refractivity contribution in [3.05, 3.63) is 36.1 Å². The predicted octanol–water partition coefficient (Wildman–Crippen LogP) is 3.25. The SMILES string of the molecule is Cc1cc(NC(=O)[C@H](C)SCC(=O)Nc2cccc(S(=O)(=O)N3CCCCCC3)c2)no1. The standard InChI is InChI=1S/C21H28N4O5S2/c1-15-12-19(24-30-15)23-21(27)16(2)31-14-20(26)22-17-8-7-9-18(13-17)32(28,29)25-10-5-3-4-6-11-25/h7-9,12-13,16H,3-6,10-11,14H2,1-2H3,(H,22,26)(H,23,24,27)/t16-/m0/s1. The van der Waals surface area contributed by atoms with E-state index < -0.39 is 15.3 Å². The van der Waals surface area contributed by atoms with Gasteiger partial charge in [-0.05, 0) is 44.9 Å². The van der Waals surface area contributed by atoms with Crippen LogP contribution >= 0.6 is 11.8 Å². The molecule has 2 amide bonds. The van der Waals surface area contributed by atoms with Crippen molar-refractivity contribution >= 4 is 45.1 Å². The number of hydrogen-bond donors (Lipinski definition) is 2. The minimum Gasteiger partial charge on any atom is -0.360 e. The summed E-state index contributed by atoms with van der Waals surface area (Å²) in [4.78, 5) is 24.7. The molecule has 0 unspecified atom stereocenters. The molecule has 2 aromatic rings. The highest BCUT2D eigenvalue weighted by Crippen LogP contribution is 2.23. The Hall–Kier alpha value is -2.37. The number of sulfonamides is 1. The molecule has 2 heterocycles. The maximum Gasteiger partial charge on any atom is 0.243 e. The molecular formula is C21H28N4O5S2. The summed E-state index contributed by atoms with van der Waals surface area (Å²) in [5.41, 5.74) is 0.404. The fraction of sp³-hybridized carbons (Fsp3) is 0.476. The number of aryl methyl sites for hydroxylation is 1. The Kier molecular flexibility index (Phi) is 8.32. The average Bonchev–Trinajstić information content (AvgIpc) is 3.00. The summed E-state index contributed by atoms with van der Waals surface area (Å²) in [5, 5.41) is 8.56. The lowest BCUT2D eigenvalue weighted by Gasteiger charge is -2.20. The topological polar surface area (TPSA) is 122 Å². The number of benzene rings is 1. The van der Waals surface area contributed by atoms with Crippen LogP contribution in [-0.4, -0.2) is 53.8 Å². The molecule has 0 bridgehead atoms. The van der Waals surface area contributed by atoms with Gasteiger partial charge in [-0.2, -0.15) is 4.31 Å². The van der Waals surface area contributed by atoms with Gasteiger partial charge in [0.25, 0.3) is 0 Å². The fourth-order valence-electron chi connectivity index (χ4n) is 3.29. The quantitative estimate of drug-likeness (QED) is 0.595. The van der Waals surface area contributed by atoms with Crippen LogP contribution < -0.4 is 10.6 Å². The molecular weight excluding hydrogens is 452 g/mol. The molecule has 0 spiro atoms. The van der Waals surface area contributed by atoms with Crippen molar-refractivity contribution in [2.24, 2.45) is 0 Å². The molecule has 2 N–H and O–H groups in total. The van der Waals surface area contributed by atoms with E-state index in [0.29, 0.717) is 30.4 Å². The second-order valence-electron chi connectivity index (χ2n) is 7.66. The number of aromatic nitrogens is 1. The van der Waals surface area contributed by atoms with E-state index >= 15 is 0 Å². The Morgan fingerprint density at radius 1 is 1.16 bits per heavy atom. The van der Waals surface area contributed by atoms with E-state index in [1.54, 1.807) is 38.1 Å². The molecule has 1 atom stereocenters. The molecule has 11 heteroatoms. The number of nitrogens with zero attached hydrogens (tertiary/aromatic N) is 2. The monoisotopic (exact) mass is 480 g/mol. The normalized spacial score (nSPS) is 16.2. The van der Waals surface area contributed by atoms with Crippen molar-refractivity contribution in [3.63, 3.8) is 0 Å². The van der Waals surface area contributed by atoms with Crippen molar-refractivity contribution in [2.45, 2.75) is 49.7 Å². The molecule has 0 radical (unpaired) electrons. The van der Waals surface area contributed by atoms with Crippen molar-refractivity contribution in [2.75, 3.05) is 29.5 Å². The first kappa shape index (κ1) is 24.3. The van der Waals surface area contributed by atoms with Crippen molar-refractivity contribution in [1.29, 1.82) is 0 Å². The second-order valence-corrected chi connectivity index (χ2v) is 10.9. The lowest BCUT2D eigenvalue weighted by atomic mass is 10.2. The third kappa shape index (κ3) is 6.57. The highest BCUT2D eigenvalue weighted by atomic mass is 32.2. The van der Waals surface area contributed by atoms with Gasteiger partial charge < -0.3 is 15.2 Å². The van der Waals surface area contributed by atoms with E-state index in [1.807, 2.05) is 0 Å². The van der Waals surface area contributed by atoms with Crippen LogP contribution in [-0.2, 0) is 19.6 Å². The molecule has 32 heavy (non-hydrogen) atoms. The van der Waals surface area contributed by atoms with Crippen LogP contribution in [0.5, 0.6) is 0 Å². The summed E-state index contributed by atoms with van der Waals surface area (Å²) in [6, 6.07) is 7.89. The third-order valence-electron chi connectivity index (χ3n) is 5.03. The summed E-state index contributed by atoms with van der Waals surface area (Å²) in [6.45, 7) is 4.45. The van der Waals surface area contributed by atoms with Crippen LogP contribution in [0.2, 0.25) is 0 Å². The Bertz CT molecular complexity index is 1050. The minimum absolute atomic E-state index is 0.0372. The van der Waals surface area contributed by atoms with Crippen LogP contribution in [0.4, 0.5) is 11.5 Å². The molecule has 1 aromatic carbocycles. The summed E-state index contributed by atoms with van der Waals surface area (Å²) in [5.74, 6) is 0.333. The maximum atomic E-state index is 13.0. The highest BCUT2D eigenvalue weighted by Gasteiger charge is 2.25. The average molecular weight is 481 g/mol. The number of anilines is 2. The summed E-state index contributed by atoms with van der Waals surface area (Å²) in [6.07, 6.45) is 3.78. The van der Waals surface area contributed by atoms with Gasteiger partial charge in [0.05, 0.1) is 15.9 Å². The number of rotatable bonds is 8. The zero-order chi connectivity index (χ0) is 23.1. The Morgan fingerprint density at radius 2 is 1.88 bits per heavy atom. The van der Waals surface area contributed by atoms with Gasteiger partial charge in [-0.25, -0.2) is 8.42 Å². The first-order valence-electron chi connectivity index (χ1n) is 10.5. The second kappa shape index (κ2) is 11.0. The summed E-state index contributed by atoms with van der Waals surface area (Å²) < 4.78 is 32.4. The molecule has 1 aliphatic heterocycles. The number of carbonyl (C=O) groups excluding carboxylic acids is 2. The Labute approximate surface area is 192 Å². The smallest absolute Gasteiger partial charge is 0.243 e. The number of thioether (sulfide) groups is 1. The number of amides is 2. The largest absolute Gasteiger partial charge is 0.360 e. The molecule has 0 saturated carbocycles. The molecule has 3 rings (SSSR count). The Balaban J connectivity index is 1.54. The predicted molar refractivity (Wildman–Crippen MR) is 124 cm³/mol. The molecule has 174 valence electrons. The van der Waals surface area contributed by atoms with Gasteiger partial charge in [0, 0.05) is 24.8 Å². The number of hydrogen-bond acceptors (Lipinski definition) is 7. The van der Waals surface area contributed by atoms with E-state index in [-0.39, 0.29) is 22.5 Å². The van der Waals surface area contributed by atoms with Crippen molar-refractivity contribution in [3.8, 4) is 0 Å². The first-order chi connectivity index (χ1) is 15.3. The lowest BCUT2D eigenvalue weighted by Crippen LogP contribution is -2.32. The summed E-state index contributed by atoms with van der Waals surface area (Å²) in [7, 11) is -3.60. The first-order valence-corrected chi connectivity index (χ1v) is 13.0. The van der Waals surface area contributed by atoms with Gasteiger partial charge in [-0.3, -0.25) is 9.59 Å². The van der Waals surface area contributed by atoms with Gasteiger partial charge in [0.1, 0.15) is 5.76 Å². The zero-order valence-electron chi connectivity index (χ0n) is 18.2. The van der Waals surface area contributed by atoms with Gasteiger partial charge in [0.2, 0.25) is 21.8 Å². The number of nitrogens with one attached hydrogen (secondary N) is 2. The van der Waals surface area contributed by atoms with Crippen molar-refractivity contribution < 1.29 is 22.5 Å². The van der Waals surface area contributed by atoms with Crippen molar-refractivity contribution in [1.82, 2.24) is 9.46 Å². The molecule has 1 fully saturated rings. The lowest BCUT2D eigenvalue weighted by molar-refractivity contribution is -0.115. The minimum atomic E-state index is -3.60. The number of carbonyl (C=O) groups is 2. The Morgan fingerprint density at radius 3 is 2.53 bits per heavy atom. The zero-order valence-corrected chi connectivity index (χ0v) is 19.8. The molecule has 1 saturated heterocycles. The van der Waals surface area contributed by atoms with Gasteiger partial charge in [-0.15, -0.1) is 11.8 Å². The van der Waals surface area contributed by atoms with Crippen LogP contribution in [0, 0.1) is 6.92 Å². The summed E-state index contributed by atoms with van der Waals surface area (Å²) >= 11 is 1.16. The maximum absolute atomic E-state index is 13.0. The van der Waals surface area contributed by atoms with Crippen LogP contribution in [0.25, 0.3) is 0 Å². The van der Waals surface area contributed by atoms with E-state index in [1.165, 1.54) is 10.4 Å². The fourth-order valence-corrected chi connectivity index (χ4v) is 5.54. The molecule has 1 aliphatic rings. The third-order valence-corrected chi connectivity index (χ3v) is 8.07.